The lowest BCUT2D eigenvalue weighted by Crippen LogP contribution is -2.27. The van der Waals surface area contributed by atoms with E-state index in [2.05, 4.69) is 10.6 Å². The number of hydrogen-bond acceptors (Lipinski definition) is 4. The molecule has 0 bridgehead atoms. The van der Waals surface area contributed by atoms with Crippen LogP contribution >= 0.6 is 0 Å². The van der Waals surface area contributed by atoms with E-state index in [1.807, 2.05) is 54.6 Å². The molecule has 2 rings (SSSR count). The van der Waals surface area contributed by atoms with Crippen molar-refractivity contribution in [2.75, 3.05) is 19.0 Å². The predicted octanol–water partition coefficient (Wildman–Crippen LogP) is 2.87. The van der Waals surface area contributed by atoms with Crippen molar-refractivity contribution in [3.05, 3.63) is 71.9 Å². The second-order valence-electron chi connectivity index (χ2n) is 5.04. The van der Waals surface area contributed by atoms with Gasteiger partial charge in [0.05, 0.1) is 7.11 Å². The molecule has 0 saturated carbocycles. The lowest BCUT2D eigenvalue weighted by Gasteiger charge is -2.06. The summed E-state index contributed by atoms with van der Waals surface area (Å²) < 4.78 is 5.13. The molecule has 2 aromatic rings. The first-order valence-corrected chi connectivity index (χ1v) is 7.56. The first-order valence-electron chi connectivity index (χ1n) is 7.56. The normalized spacial score (nSPS) is 10.6. The first-order chi connectivity index (χ1) is 11.7. The number of anilines is 1. The molecule has 0 aliphatic carbocycles. The van der Waals surface area contributed by atoms with Crippen LogP contribution in [0, 0.1) is 11.3 Å². The standard InChI is InChI=1S/C19H19N3O2/c1-24-18-9-5-8-17(12-18)22-14-16(13-20)19(23)21-11-10-15-6-3-2-4-7-15/h2-9,12,14,22H,10-11H2,1H3,(H,21,23)/b16-14-. The van der Waals surface area contributed by atoms with Gasteiger partial charge in [0.15, 0.2) is 0 Å². The zero-order chi connectivity index (χ0) is 17.2. The van der Waals surface area contributed by atoms with Crippen LogP contribution in [0.15, 0.2) is 66.4 Å². The van der Waals surface area contributed by atoms with E-state index in [9.17, 15) is 4.79 Å². The molecule has 0 saturated heterocycles. The summed E-state index contributed by atoms with van der Waals surface area (Å²) >= 11 is 0. The molecular formula is C19H19N3O2. The molecule has 24 heavy (non-hydrogen) atoms. The van der Waals surface area contributed by atoms with Gasteiger partial charge in [-0.25, -0.2) is 0 Å². The second-order valence-corrected chi connectivity index (χ2v) is 5.04. The molecule has 5 heteroatoms. The predicted molar refractivity (Wildman–Crippen MR) is 93.5 cm³/mol. The highest BCUT2D eigenvalue weighted by atomic mass is 16.5. The van der Waals surface area contributed by atoms with E-state index in [4.69, 9.17) is 10.00 Å². The molecule has 122 valence electrons. The third kappa shape index (κ3) is 5.18. The van der Waals surface area contributed by atoms with Gasteiger partial charge in [0.1, 0.15) is 17.4 Å². The zero-order valence-electron chi connectivity index (χ0n) is 13.5. The van der Waals surface area contributed by atoms with Crippen LogP contribution in [-0.4, -0.2) is 19.6 Å². The molecule has 0 heterocycles. The number of hydrogen-bond donors (Lipinski definition) is 2. The van der Waals surface area contributed by atoms with Crippen molar-refractivity contribution in [1.82, 2.24) is 5.32 Å². The summed E-state index contributed by atoms with van der Waals surface area (Å²) in [6, 6.07) is 19.0. The maximum Gasteiger partial charge on any atom is 0.263 e. The number of benzene rings is 2. The van der Waals surface area contributed by atoms with Gasteiger partial charge in [0.25, 0.3) is 5.91 Å². The van der Waals surface area contributed by atoms with Crippen LogP contribution in [0.1, 0.15) is 5.56 Å². The van der Waals surface area contributed by atoms with E-state index in [1.165, 1.54) is 6.20 Å². The number of nitrogens with zero attached hydrogens (tertiary/aromatic N) is 1. The molecular weight excluding hydrogens is 302 g/mol. The largest absolute Gasteiger partial charge is 0.497 e. The minimum Gasteiger partial charge on any atom is -0.497 e. The minimum atomic E-state index is -0.399. The summed E-state index contributed by atoms with van der Waals surface area (Å²) in [5.74, 6) is 0.294. The van der Waals surface area contributed by atoms with Gasteiger partial charge < -0.3 is 15.4 Å². The van der Waals surface area contributed by atoms with Gasteiger partial charge in [-0.2, -0.15) is 5.26 Å². The third-order valence-electron chi connectivity index (χ3n) is 3.36. The van der Waals surface area contributed by atoms with Gasteiger partial charge in [0.2, 0.25) is 0 Å². The zero-order valence-corrected chi connectivity index (χ0v) is 13.5. The van der Waals surface area contributed by atoms with Gasteiger partial charge in [0, 0.05) is 24.5 Å². The van der Waals surface area contributed by atoms with E-state index >= 15 is 0 Å². The van der Waals surface area contributed by atoms with Crippen LogP contribution in [0.5, 0.6) is 5.75 Å². The molecule has 0 aliphatic rings. The van der Waals surface area contributed by atoms with Crippen LogP contribution in [0.3, 0.4) is 0 Å². The summed E-state index contributed by atoms with van der Waals surface area (Å²) in [6.07, 6.45) is 2.11. The lowest BCUT2D eigenvalue weighted by molar-refractivity contribution is -0.117. The number of carbonyl (C=O) groups is 1. The summed E-state index contributed by atoms with van der Waals surface area (Å²) in [5, 5.41) is 14.8. The SMILES string of the molecule is COc1cccc(N/C=C(/C#N)C(=O)NCCc2ccccc2)c1. The minimum absolute atomic E-state index is 0.0193. The fraction of sp³-hybridized carbons (Fsp3) is 0.158. The Balaban J connectivity index is 1.89. The van der Waals surface area contributed by atoms with E-state index in [-0.39, 0.29) is 5.57 Å². The highest BCUT2D eigenvalue weighted by Gasteiger charge is 2.08. The van der Waals surface area contributed by atoms with Crippen LogP contribution < -0.4 is 15.4 Å². The molecule has 1 amide bonds. The van der Waals surface area contributed by atoms with Crippen molar-refractivity contribution < 1.29 is 9.53 Å². The number of ether oxygens (including phenoxy) is 1. The number of rotatable bonds is 7. The monoisotopic (exact) mass is 321 g/mol. The molecule has 2 N–H and O–H groups in total. The number of nitriles is 1. The second kappa shape index (κ2) is 9.01. The summed E-state index contributed by atoms with van der Waals surface area (Å²) in [6.45, 7) is 0.473. The van der Waals surface area contributed by atoms with Gasteiger partial charge >= 0.3 is 0 Å². The van der Waals surface area contributed by atoms with E-state index in [1.54, 1.807) is 13.2 Å². The van der Waals surface area contributed by atoms with Crippen molar-refractivity contribution in [2.24, 2.45) is 0 Å². The number of methoxy groups -OCH3 is 1. The average Bonchev–Trinajstić information content (AvgIpc) is 2.63. The fourth-order valence-electron chi connectivity index (χ4n) is 2.08. The maximum absolute atomic E-state index is 12.0. The molecule has 0 unspecified atom stereocenters. The van der Waals surface area contributed by atoms with Crippen LogP contribution in [0.4, 0.5) is 5.69 Å². The van der Waals surface area contributed by atoms with Crippen molar-refractivity contribution in [3.63, 3.8) is 0 Å². The number of carbonyl (C=O) groups excluding carboxylic acids is 1. The van der Waals surface area contributed by atoms with Crippen LogP contribution in [0.25, 0.3) is 0 Å². The molecule has 0 fully saturated rings. The van der Waals surface area contributed by atoms with Crippen molar-refractivity contribution in [1.29, 1.82) is 5.26 Å². The Morgan fingerprint density at radius 3 is 2.71 bits per heavy atom. The van der Waals surface area contributed by atoms with Gasteiger partial charge in [-0.15, -0.1) is 0 Å². The smallest absolute Gasteiger partial charge is 0.263 e. The third-order valence-corrected chi connectivity index (χ3v) is 3.36. The number of nitrogens with one attached hydrogen (secondary N) is 2. The Bertz CT molecular complexity index is 749. The maximum atomic E-state index is 12.0. The van der Waals surface area contributed by atoms with E-state index in [0.29, 0.717) is 18.7 Å². The summed E-state index contributed by atoms with van der Waals surface area (Å²) in [4.78, 5) is 12.0. The van der Waals surface area contributed by atoms with Gasteiger partial charge in [-0.05, 0) is 24.1 Å². The van der Waals surface area contributed by atoms with Gasteiger partial charge in [-0.1, -0.05) is 36.4 Å². The fourth-order valence-corrected chi connectivity index (χ4v) is 2.08. The number of amides is 1. The Kier molecular flexibility index (Phi) is 6.42. The molecule has 0 spiro atoms. The highest BCUT2D eigenvalue weighted by molar-refractivity contribution is 5.97. The van der Waals surface area contributed by atoms with Crippen molar-refractivity contribution in [3.8, 4) is 11.8 Å². The Hall–Kier alpha value is -3.26. The lowest BCUT2D eigenvalue weighted by atomic mass is 10.1. The van der Waals surface area contributed by atoms with Gasteiger partial charge in [-0.3, -0.25) is 4.79 Å². The molecule has 0 radical (unpaired) electrons. The molecule has 2 aromatic carbocycles. The van der Waals surface area contributed by atoms with E-state index in [0.717, 1.165) is 11.3 Å². The van der Waals surface area contributed by atoms with Crippen molar-refractivity contribution >= 4 is 11.6 Å². The molecule has 0 atom stereocenters. The highest BCUT2D eigenvalue weighted by Crippen LogP contribution is 2.16. The quantitative estimate of drug-likeness (QED) is 0.607. The van der Waals surface area contributed by atoms with Crippen molar-refractivity contribution in [2.45, 2.75) is 6.42 Å². The molecule has 5 nitrogen and oxygen atoms in total. The van der Waals surface area contributed by atoms with Crippen LogP contribution in [-0.2, 0) is 11.2 Å². The molecule has 0 aromatic heterocycles. The van der Waals surface area contributed by atoms with Crippen LogP contribution in [0.2, 0.25) is 0 Å². The Morgan fingerprint density at radius 2 is 2.00 bits per heavy atom. The molecule has 0 aliphatic heterocycles. The summed E-state index contributed by atoms with van der Waals surface area (Å²) in [7, 11) is 1.58. The topological polar surface area (TPSA) is 74.1 Å². The Labute approximate surface area is 141 Å². The van der Waals surface area contributed by atoms with E-state index < -0.39 is 5.91 Å². The first kappa shape index (κ1) is 17.1. The summed E-state index contributed by atoms with van der Waals surface area (Å²) in [5.41, 5.74) is 1.89. The Morgan fingerprint density at radius 1 is 1.21 bits per heavy atom. The average molecular weight is 321 g/mol.